The van der Waals surface area contributed by atoms with Gasteiger partial charge in [-0.3, -0.25) is 4.98 Å². The number of nitrogens with one attached hydrogen (secondary N) is 1. The van der Waals surface area contributed by atoms with Crippen LogP contribution in [0, 0.1) is 0 Å². The molecule has 0 radical (unpaired) electrons. The van der Waals surface area contributed by atoms with E-state index in [0.717, 1.165) is 28.7 Å². The molecule has 2 heterocycles. The molecule has 1 aromatic rings. The first-order chi connectivity index (χ1) is 8.70. The lowest BCUT2D eigenvalue weighted by molar-refractivity contribution is 0.523. The van der Waals surface area contributed by atoms with Crippen molar-refractivity contribution in [1.29, 1.82) is 0 Å². The van der Waals surface area contributed by atoms with Crippen molar-refractivity contribution in [1.82, 2.24) is 10.3 Å². The van der Waals surface area contributed by atoms with Gasteiger partial charge in [-0.2, -0.15) is 23.5 Å². The third-order valence-electron chi connectivity index (χ3n) is 3.39. The van der Waals surface area contributed by atoms with E-state index in [9.17, 15) is 0 Å². The van der Waals surface area contributed by atoms with Gasteiger partial charge in [0.15, 0.2) is 0 Å². The Morgan fingerprint density at radius 3 is 2.89 bits per heavy atom. The van der Waals surface area contributed by atoms with Crippen LogP contribution in [0.4, 0.5) is 0 Å². The lowest BCUT2D eigenvalue weighted by Crippen LogP contribution is -2.44. The van der Waals surface area contributed by atoms with Crippen LogP contribution in [0.5, 0.6) is 0 Å². The monoisotopic (exact) mass is 302 g/mol. The van der Waals surface area contributed by atoms with E-state index in [0.29, 0.717) is 6.04 Å². The molecule has 0 aliphatic carbocycles. The summed E-state index contributed by atoms with van der Waals surface area (Å²) in [6.07, 6.45) is 3.14. The summed E-state index contributed by atoms with van der Waals surface area (Å²) in [7, 11) is 0. The average Bonchev–Trinajstić information content (AvgIpc) is 2.85. The van der Waals surface area contributed by atoms with Gasteiger partial charge in [0.05, 0.1) is 5.51 Å². The molecule has 0 bridgehead atoms. The largest absolute Gasteiger partial charge is 0.313 e. The fourth-order valence-electron chi connectivity index (χ4n) is 2.18. The Balaban J connectivity index is 1.96. The van der Waals surface area contributed by atoms with Gasteiger partial charge >= 0.3 is 0 Å². The number of nitrogens with zero attached hydrogens (tertiary/aromatic N) is 1. The number of hydrogen-bond acceptors (Lipinski definition) is 5. The van der Waals surface area contributed by atoms with Gasteiger partial charge in [0.25, 0.3) is 0 Å². The molecule has 1 aromatic heterocycles. The molecule has 102 valence electrons. The molecule has 0 amide bonds. The van der Waals surface area contributed by atoms with Gasteiger partial charge in [0.1, 0.15) is 0 Å². The standard InChI is InChI=1S/C13H22N2S3/c1-4-15-12(5-11-6-14-8-17-11)13-7-16-9(2)10(3)18-13/h6,8-10,12-13,15H,4-5,7H2,1-3H3. The Labute approximate surface area is 123 Å². The zero-order valence-corrected chi connectivity index (χ0v) is 13.7. The van der Waals surface area contributed by atoms with Crippen molar-refractivity contribution >= 4 is 34.9 Å². The lowest BCUT2D eigenvalue weighted by Gasteiger charge is -2.36. The topological polar surface area (TPSA) is 24.9 Å². The van der Waals surface area contributed by atoms with E-state index >= 15 is 0 Å². The van der Waals surface area contributed by atoms with Gasteiger partial charge in [-0.25, -0.2) is 0 Å². The molecule has 1 aliphatic heterocycles. The van der Waals surface area contributed by atoms with E-state index < -0.39 is 0 Å². The van der Waals surface area contributed by atoms with Crippen molar-refractivity contribution in [3.05, 3.63) is 16.6 Å². The Bertz CT molecular complexity index is 342. The SMILES string of the molecule is CCNC(Cc1cncs1)C1CSC(C)C(C)S1. The molecule has 1 aliphatic rings. The Hall–Kier alpha value is 0.290. The highest BCUT2D eigenvalue weighted by atomic mass is 32.2. The van der Waals surface area contributed by atoms with E-state index in [2.05, 4.69) is 54.6 Å². The first-order valence-electron chi connectivity index (χ1n) is 6.58. The molecule has 18 heavy (non-hydrogen) atoms. The molecule has 5 heteroatoms. The van der Waals surface area contributed by atoms with Gasteiger partial charge in [-0.1, -0.05) is 20.8 Å². The van der Waals surface area contributed by atoms with Gasteiger partial charge in [0.2, 0.25) is 0 Å². The van der Waals surface area contributed by atoms with Crippen molar-refractivity contribution in [3.63, 3.8) is 0 Å². The fourth-order valence-corrected chi connectivity index (χ4v) is 5.96. The number of rotatable bonds is 5. The zero-order valence-electron chi connectivity index (χ0n) is 11.3. The molecule has 1 N–H and O–H groups in total. The average molecular weight is 303 g/mol. The molecule has 0 spiro atoms. The van der Waals surface area contributed by atoms with Crippen LogP contribution in [0.1, 0.15) is 25.6 Å². The number of hydrogen-bond donors (Lipinski definition) is 1. The third-order valence-corrected chi connectivity index (χ3v) is 7.75. The second-order valence-corrected chi connectivity index (χ2v) is 8.76. The molecule has 2 rings (SSSR count). The third kappa shape index (κ3) is 3.89. The predicted octanol–water partition coefficient (Wildman–Crippen LogP) is 3.29. The summed E-state index contributed by atoms with van der Waals surface area (Å²) in [5.41, 5.74) is 1.94. The highest BCUT2D eigenvalue weighted by Gasteiger charge is 2.31. The van der Waals surface area contributed by atoms with Crippen LogP contribution in [-0.2, 0) is 6.42 Å². The van der Waals surface area contributed by atoms with Crippen molar-refractivity contribution in [2.45, 2.75) is 49.0 Å². The highest BCUT2D eigenvalue weighted by molar-refractivity contribution is 8.07. The quantitative estimate of drug-likeness (QED) is 0.902. The van der Waals surface area contributed by atoms with Crippen LogP contribution in [0.2, 0.25) is 0 Å². The minimum absolute atomic E-state index is 0.586. The molecular formula is C13H22N2S3. The molecule has 1 fully saturated rings. The van der Waals surface area contributed by atoms with Crippen LogP contribution in [0.25, 0.3) is 0 Å². The summed E-state index contributed by atoms with van der Waals surface area (Å²) in [5, 5.41) is 5.95. The summed E-state index contributed by atoms with van der Waals surface area (Å²) < 4.78 is 0. The Morgan fingerprint density at radius 2 is 2.28 bits per heavy atom. The maximum atomic E-state index is 4.19. The van der Waals surface area contributed by atoms with Crippen molar-refractivity contribution in [2.75, 3.05) is 12.3 Å². The maximum absolute atomic E-state index is 4.19. The fraction of sp³-hybridized carbons (Fsp3) is 0.769. The molecule has 1 saturated heterocycles. The number of thioether (sulfide) groups is 2. The zero-order chi connectivity index (χ0) is 13.0. The van der Waals surface area contributed by atoms with Gasteiger partial charge < -0.3 is 5.32 Å². The van der Waals surface area contributed by atoms with Crippen LogP contribution in [0.3, 0.4) is 0 Å². The second kappa shape index (κ2) is 7.17. The van der Waals surface area contributed by atoms with Crippen molar-refractivity contribution in [3.8, 4) is 0 Å². The second-order valence-electron chi connectivity index (χ2n) is 4.75. The Morgan fingerprint density at radius 1 is 1.44 bits per heavy atom. The molecule has 0 saturated carbocycles. The van der Waals surface area contributed by atoms with Crippen LogP contribution < -0.4 is 5.32 Å². The van der Waals surface area contributed by atoms with E-state index in [-0.39, 0.29) is 0 Å². The molecule has 4 unspecified atom stereocenters. The van der Waals surface area contributed by atoms with Crippen LogP contribution >= 0.6 is 34.9 Å². The summed E-state index contributed by atoms with van der Waals surface area (Å²) in [4.78, 5) is 5.59. The predicted molar refractivity (Wildman–Crippen MR) is 86.0 cm³/mol. The summed E-state index contributed by atoms with van der Waals surface area (Å²) >= 11 is 6.07. The molecule has 4 atom stereocenters. The minimum Gasteiger partial charge on any atom is -0.313 e. The molecular weight excluding hydrogens is 280 g/mol. The number of thiazole rings is 1. The minimum atomic E-state index is 0.586. The summed E-state index contributed by atoms with van der Waals surface area (Å²) in [5.74, 6) is 1.27. The smallest absolute Gasteiger partial charge is 0.0794 e. The first kappa shape index (κ1) is 14.7. The lowest BCUT2D eigenvalue weighted by atomic mass is 10.1. The van der Waals surface area contributed by atoms with Gasteiger partial charge in [-0.15, -0.1) is 11.3 Å². The van der Waals surface area contributed by atoms with Gasteiger partial charge in [-0.05, 0) is 13.0 Å². The summed E-state index contributed by atoms with van der Waals surface area (Å²) in [6.45, 7) is 7.97. The normalized spacial score (nSPS) is 30.3. The van der Waals surface area contributed by atoms with E-state index in [1.165, 1.54) is 10.6 Å². The van der Waals surface area contributed by atoms with E-state index in [1.54, 1.807) is 11.3 Å². The van der Waals surface area contributed by atoms with Crippen molar-refractivity contribution in [2.24, 2.45) is 0 Å². The van der Waals surface area contributed by atoms with Crippen LogP contribution in [0.15, 0.2) is 11.7 Å². The van der Waals surface area contributed by atoms with E-state index in [1.807, 2.05) is 11.7 Å². The Kier molecular flexibility index (Phi) is 5.86. The van der Waals surface area contributed by atoms with E-state index in [4.69, 9.17) is 0 Å². The summed E-state index contributed by atoms with van der Waals surface area (Å²) in [6, 6.07) is 0.586. The van der Waals surface area contributed by atoms with Crippen LogP contribution in [-0.4, -0.2) is 39.1 Å². The molecule has 0 aromatic carbocycles. The molecule has 2 nitrogen and oxygen atoms in total. The van der Waals surface area contributed by atoms with Crippen molar-refractivity contribution < 1.29 is 0 Å². The first-order valence-corrected chi connectivity index (χ1v) is 9.45. The number of aromatic nitrogens is 1. The highest BCUT2D eigenvalue weighted by Crippen LogP contribution is 2.37. The maximum Gasteiger partial charge on any atom is 0.0794 e. The van der Waals surface area contributed by atoms with Gasteiger partial charge in [0, 0.05) is 38.6 Å². The number of likely N-dealkylation sites (N-methyl/N-ethyl adjacent to an activating group) is 1.